The number of benzene rings is 1. The van der Waals surface area contributed by atoms with Gasteiger partial charge in [0.1, 0.15) is 11.5 Å². The first-order chi connectivity index (χ1) is 10.0. The molecule has 1 aromatic carbocycles. The lowest BCUT2D eigenvalue weighted by Gasteiger charge is -2.26. The Morgan fingerprint density at radius 1 is 1.33 bits per heavy atom. The average molecular weight is 306 g/mol. The van der Waals surface area contributed by atoms with E-state index in [9.17, 15) is 0 Å². The lowest BCUT2D eigenvalue weighted by Crippen LogP contribution is -2.24. The summed E-state index contributed by atoms with van der Waals surface area (Å²) >= 11 is 6.21. The maximum atomic E-state index is 8.60. The first-order valence-corrected chi connectivity index (χ1v) is 6.69. The number of amidine groups is 1. The second-order valence-corrected chi connectivity index (χ2v) is 4.96. The van der Waals surface area contributed by atoms with Gasteiger partial charge in [-0.2, -0.15) is 0 Å². The largest absolute Gasteiger partial charge is 0.409 e. The molecule has 1 unspecified atom stereocenters. The molecule has 1 aromatic heterocycles. The van der Waals surface area contributed by atoms with Crippen LogP contribution < -0.4 is 10.6 Å². The van der Waals surface area contributed by atoms with Gasteiger partial charge in [0, 0.05) is 12.1 Å². The summed E-state index contributed by atoms with van der Waals surface area (Å²) in [5.41, 5.74) is 6.78. The molecule has 0 saturated carbocycles. The summed E-state index contributed by atoms with van der Waals surface area (Å²) in [6.45, 7) is 2.03. The van der Waals surface area contributed by atoms with Gasteiger partial charge in [0.15, 0.2) is 5.84 Å². The van der Waals surface area contributed by atoms with Crippen molar-refractivity contribution in [2.75, 3.05) is 11.9 Å². The van der Waals surface area contributed by atoms with Gasteiger partial charge >= 0.3 is 0 Å². The number of rotatable bonds is 4. The van der Waals surface area contributed by atoms with Gasteiger partial charge in [-0.25, -0.2) is 9.97 Å². The van der Waals surface area contributed by atoms with Crippen molar-refractivity contribution in [2.24, 2.45) is 10.9 Å². The summed E-state index contributed by atoms with van der Waals surface area (Å²) < 4.78 is 0. The molecule has 0 spiro atoms. The summed E-state index contributed by atoms with van der Waals surface area (Å²) in [5.74, 6) is 0.591. The van der Waals surface area contributed by atoms with E-state index >= 15 is 0 Å². The molecule has 6 nitrogen and oxygen atoms in total. The van der Waals surface area contributed by atoms with Gasteiger partial charge in [-0.3, -0.25) is 0 Å². The van der Waals surface area contributed by atoms with Crippen LogP contribution in [-0.2, 0) is 0 Å². The van der Waals surface area contributed by atoms with E-state index in [1.165, 1.54) is 6.20 Å². The van der Waals surface area contributed by atoms with Crippen molar-refractivity contribution < 1.29 is 5.21 Å². The lowest BCUT2D eigenvalue weighted by molar-refractivity contribution is 0.318. The Morgan fingerprint density at radius 3 is 2.62 bits per heavy atom. The van der Waals surface area contributed by atoms with Crippen molar-refractivity contribution in [3.8, 4) is 0 Å². The highest BCUT2D eigenvalue weighted by Gasteiger charge is 2.16. The highest BCUT2D eigenvalue weighted by Crippen LogP contribution is 2.28. The summed E-state index contributed by atoms with van der Waals surface area (Å²) in [7, 11) is 1.90. The molecule has 3 N–H and O–H groups in total. The summed E-state index contributed by atoms with van der Waals surface area (Å²) in [6, 6.07) is 7.70. The van der Waals surface area contributed by atoms with Crippen LogP contribution in [-0.4, -0.2) is 28.1 Å². The van der Waals surface area contributed by atoms with Crippen molar-refractivity contribution in [3.63, 3.8) is 0 Å². The zero-order valence-corrected chi connectivity index (χ0v) is 12.5. The normalized spacial score (nSPS) is 13.0. The molecule has 0 aliphatic carbocycles. The minimum atomic E-state index is -0.0733. The average Bonchev–Trinajstić information content (AvgIpc) is 2.53. The Balaban J connectivity index is 2.24. The van der Waals surface area contributed by atoms with E-state index in [2.05, 4.69) is 15.1 Å². The van der Waals surface area contributed by atoms with Crippen molar-refractivity contribution in [1.82, 2.24) is 9.97 Å². The zero-order valence-electron chi connectivity index (χ0n) is 11.7. The third kappa shape index (κ3) is 3.22. The molecule has 21 heavy (non-hydrogen) atoms. The summed E-state index contributed by atoms with van der Waals surface area (Å²) in [4.78, 5) is 10.3. The first kappa shape index (κ1) is 15.1. The monoisotopic (exact) mass is 305 g/mol. The van der Waals surface area contributed by atoms with Crippen molar-refractivity contribution in [2.45, 2.75) is 13.0 Å². The SMILES string of the molecule is CC(c1ccccc1Cl)N(C)c1cnc(C(N)=NO)cn1. The summed E-state index contributed by atoms with van der Waals surface area (Å²) in [5, 5.41) is 12.2. The Morgan fingerprint density at radius 2 is 2.05 bits per heavy atom. The second kappa shape index (κ2) is 6.41. The number of nitrogens with zero attached hydrogens (tertiary/aromatic N) is 4. The molecular formula is C14H16ClN5O. The van der Waals surface area contributed by atoms with Crippen molar-refractivity contribution >= 4 is 23.3 Å². The third-order valence-electron chi connectivity index (χ3n) is 3.31. The number of hydrogen-bond donors (Lipinski definition) is 2. The number of halogens is 1. The van der Waals surface area contributed by atoms with Gasteiger partial charge in [0.2, 0.25) is 0 Å². The van der Waals surface area contributed by atoms with E-state index in [0.29, 0.717) is 16.5 Å². The van der Waals surface area contributed by atoms with Crippen molar-refractivity contribution in [3.05, 3.63) is 52.9 Å². The summed E-state index contributed by atoms with van der Waals surface area (Å²) in [6.07, 6.45) is 3.03. The molecule has 2 rings (SSSR count). The van der Waals surface area contributed by atoms with Gasteiger partial charge in [-0.1, -0.05) is 35.0 Å². The first-order valence-electron chi connectivity index (χ1n) is 6.31. The van der Waals surface area contributed by atoms with Gasteiger partial charge in [0.25, 0.3) is 0 Å². The number of oxime groups is 1. The molecule has 110 valence electrons. The molecule has 1 atom stereocenters. The van der Waals surface area contributed by atoms with E-state index in [1.54, 1.807) is 6.20 Å². The number of anilines is 1. The van der Waals surface area contributed by atoms with Gasteiger partial charge in [-0.15, -0.1) is 0 Å². The fourth-order valence-electron chi connectivity index (χ4n) is 1.91. The number of nitrogens with two attached hydrogens (primary N) is 1. The van der Waals surface area contributed by atoms with Crippen LogP contribution in [0.1, 0.15) is 24.2 Å². The smallest absolute Gasteiger partial charge is 0.190 e. The van der Waals surface area contributed by atoms with E-state index in [-0.39, 0.29) is 11.9 Å². The van der Waals surface area contributed by atoms with E-state index in [1.807, 2.05) is 43.1 Å². The Kier molecular flexibility index (Phi) is 4.59. The Bertz CT molecular complexity index is 644. The molecule has 0 amide bonds. The molecule has 0 aliphatic rings. The van der Waals surface area contributed by atoms with Gasteiger partial charge in [0.05, 0.1) is 18.4 Å². The maximum absolute atomic E-state index is 8.60. The maximum Gasteiger partial charge on any atom is 0.190 e. The van der Waals surface area contributed by atoms with E-state index in [0.717, 1.165) is 5.56 Å². The highest BCUT2D eigenvalue weighted by atomic mass is 35.5. The topological polar surface area (TPSA) is 87.6 Å². The molecule has 0 fully saturated rings. The second-order valence-electron chi connectivity index (χ2n) is 4.55. The van der Waals surface area contributed by atoms with Crippen molar-refractivity contribution in [1.29, 1.82) is 0 Å². The zero-order chi connectivity index (χ0) is 15.4. The Labute approximate surface area is 127 Å². The predicted molar refractivity (Wildman–Crippen MR) is 82.8 cm³/mol. The molecule has 0 bridgehead atoms. The van der Waals surface area contributed by atoms with Crippen LogP contribution in [0.4, 0.5) is 5.82 Å². The predicted octanol–water partition coefficient (Wildman–Crippen LogP) is 2.42. The van der Waals surface area contributed by atoms with Crippen LogP contribution in [0.2, 0.25) is 5.02 Å². The fraction of sp³-hybridized carbons (Fsp3) is 0.214. The standard InChI is InChI=1S/C14H16ClN5O/c1-9(10-5-3-4-6-11(10)15)20(2)13-8-17-12(7-18-13)14(16)19-21/h3-9,21H,1-2H3,(H2,16,19). The molecule has 2 aromatic rings. The third-order valence-corrected chi connectivity index (χ3v) is 3.65. The molecule has 1 heterocycles. The van der Waals surface area contributed by atoms with Gasteiger partial charge < -0.3 is 15.8 Å². The minimum Gasteiger partial charge on any atom is -0.409 e. The van der Waals surface area contributed by atoms with E-state index < -0.39 is 0 Å². The Hall–Kier alpha value is -2.34. The van der Waals surface area contributed by atoms with Crippen LogP contribution in [0, 0.1) is 0 Å². The van der Waals surface area contributed by atoms with Crippen LogP contribution in [0.5, 0.6) is 0 Å². The molecule has 7 heteroatoms. The number of aromatic nitrogens is 2. The van der Waals surface area contributed by atoms with Gasteiger partial charge in [-0.05, 0) is 18.6 Å². The van der Waals surface area contributed by atoms with Crippen LogP contribution in [0.25, 0.3) is 0 Å². The van der Waals surface area contributed by atoms with Crippen LogP contribution in [0.3, 0.4) is 0 Å². The van der Waals surface area contributed by atoms with Crippen LogP contribution >= 0.6 is 11.6 Å². The lowest BCUT2D eigenvalue weighted by atomic mass is 10.1. The fourth-order valence-corrected chi connectivity index (χ4v) is 2.20. The van der Waals surface area contributed by atoms with Crippen LogP contribution in [0.15, 0.2) is 41.8 Å². The minimum absolute atomic E-state index is 0.0303. The quantitative estimate of drug-likeness (QED) is 0.392. The molecule has 0 aliphatic heterocycles. The molecular weight excluding hydrogens is 290 g/mol. The highest BCUT2D eigenvalue weighted by molar-refractivity contribution is 6.31. The van der Waals surface area contributed by atoms with E-state index in [4.69, 9.17) is 22.5 Å². The number of hydrogen-bond acceptors (Lipinski definition) is 5. The molecule has 0 radical (unpaired) electrons. The molecule has 0 saturated heterocycles.